The number of phenolic OH excluding ortho intramolecular Hbond substituents is 1. The fraction of sp³-hybridized carbons (Fsp3) is 0.211. The average molecular weight is 352 g/mol. The Balaban J connectivity index is 1.99. The number of nitriles is 1. The van der Waals surface area contributed by atoms with Gasteiger partial charge in [-0.1, -0.05) is 13.8 Å². The molecule has 0 spiro atoms. The van der Waals surface area contributed by atoms with E-state index in [0.717, 1.165) is 0 Å². The predicted octanol–water partition coefficient (Wildman–Crippen LogP) is 3.89. The summed E-state index contributed by atoms with van der Waals surface area (Å²) in [4.78, 5) is 23.9. The molecule has 0 bridgehead atoms. The molecule has 0 heterocycles. The first kappa shape index (κ1) is 18.8. The molecule has 0 aliphatic heterocycles. The van der Waals surface area contributed by atoms with Crippen LogP contribution >= 0.6 is 0 Å². The van der Waals surface area contributed by atoms with Crippen LogP contribution in [-0.4, -0.2) is 17.0 Å². The maximum atomic E-state index is 12.0. The van der Waals surface area contributed by atoms with Gasteiger partial charge < -0.3 is 21.1 Å². The Labute approximate surface area is 151 Å². The lowest BCUT2D eigenvalue weighted by Crippen LogP contribution is -2.20. The van der Waals surface area contributed by atoms with Crippen molar-refractivity contribution in [3.63, 3.8) is 0 Å². The van der Waals surface area contributed by atoms with Crippen LogP contribution in [0.3, 0.4) is 0 Å². The normalized spacial score (nSPS) is 11.1. The summed E-state index contributed by atoms with van der Waals surface area (Å²) >= 11 is 0. The number of hydrogen-bond donors (Lipinski definition) is 4. The fourth-order valence-corrected chi connectivity index (χ4v) is 2.08. The third kappa shape index (κ3) is 4.98. The van der Waals surface area contributed by atoms with Crippen molar-refractivity contribution in [3.05, 3.63) is 48.0 Å². The molecule has 0 saturated carbocycles. The number of hydrogen-bond acceptors (Lipinski definition) is 4. The van der Waals surface area contributed by atoms with Crippen molar-refractivity contribution >= 4 is 29.0 Å². The molecule has 1 unspecified atom stereocenters. The Bertz CT molecular complexity index is 841. The summed E-state index contributed by atoms with van der Waals surface area (Å²) in [5.41, 5.74) is 1.66. The van der Waals surface area contributed by atoms with Crippen LogP contribution in [0.1, 0.15) is 25.8 Å². The quantitative estimate of drug-likeness (QED) is 0.611. The molecule has 7 heteroatoms. The molecule has 7 nitrogen and oxygen atoms in total. The first-order valence-electron chi connectivity index (χ1n) is 8.15. The largest absolute Gasteiger partial charge is 0.506 e. The average Bonchev–Trinajstić information content (AvgIpc) is 2.63. The van der Waals surface area contributed by atoms with Gasteiger partial charge in [0.25, 0.3) is 0 Å². The molecule has 0 saturated heterocycles. The molecule has 0 aromatic heterocycles. The predicted molar refractivity (Wildman–Crippen MR) is 100.0 cm³/mol. The van der Waals surface area contributed by atoms with E-state index in [9.17, 15) is 14.7 Å². The van der Waals surface area contributed by atoms with Gasteiger partial charge in [-0.05, 0) is 42.8 Å². The lowest BCUT2D eigenvalue weighted by Gasteiger charge is -2.13. The molecule has 1 atom stereocenters. The minimum Gasteiger partial charge on any atom is -0.506 e. The van der Waals surface area contributed by atoms with Crippen molar-refractivity contribution in [1.29, 1.82) is 5.26 Å². The van der Waals surface area contributed by atoms with E-state index in [4.69, 9.17) is 5.26 Å². The Morgan fingerprint density at radius 3 is 2.31 bits per heavy atom. The monoisotopic (exact) mass is 352 g/mol. The van der Waals surface area contributed by atoms with Gasteiger partial charge in [-0.15, -0.1) is 0 Å². The number of aromatic hydroxyl groups is 1. The summed E-state index contributed by atoms with van der Waals surface area (Å²) in [5, 5.41) is 26.6. The Hall–Kier alpha value is -3.53. The summed E-state index contributed by atoms with van der Waals surface area (Å²) in [6, 6.07) is 12.3. The van der Waals surface area contributed by atoms with Crippen LogP contribution in [0.5, 0.6) is 5.75 Å². The van der Waals surface area contributed by atoms with E-state index in [1.54, 1.807) is 30.3 Å². The van der Waals surface area contributed by atoms with Crippen LogP contribution in [0.25, 0.3) is 0 Å². The summed E-state index contributed by atoms with van der Waals surface area (Å²) in [6.07, 6.45) is 0.715. The number of phenols is 1. The van der Waals surface area contributed by atoms with Crippen molar-refractivity contribution < 1.29 is 14.7 Å². The summed E-state index contributed by atoms with van der Waals surface area (Å²) in [7, 11) is 0. The molecular formula is C19H20N4O3. The molecule has 0 aliphatic rings. The van der Waals surface area contributed by atoms with Gasteiger partial charge in [0.2, 0.25) is 5.91 Å². The molecule has 2 aromatic carbocycles. The molecule has 0 aliphatic carbocycles. The van der Waals surface area contributed by atoms with E-state index in [0.29, 0.717) is 23.4 Å². The number of carbonyl (C=O) groups is 2. The van der Waals surface area contributed by atoms with E-state index >= 15 is 0 Å². The zero-order valence-corrected chi connectivity index (χ0v) is 14.5. The molecule has 3 amide bonds. The van der Waals surface area contributed by atoms with Gasteiger partial charge in [-0.25, -0.2) is 4.79 Å². The highest BCUT2D eigenvalue weighted by molar-refractivity contribution is 6.01. The third-order valence-corrected chi connectivity index (χ3v) is 3.85. The number of nitrogens with zero attached hydrogens (tertiary/aromatic N) is 1. The summed E-state index contributed by atoms with van der Waals surface area (Å²) in [6.45, 7) is 3.74. The SMILES string of the molecule is CCC(C)C(=O)Nc1ccc(NC(=O)Nc2ccc(C#N)cc2)c(O)c1. The lowest BCUT2D eigenvalue weighted by molar-refractivity contribution is -0.119. The lowest BCUT2D eigenvalue weighted by atomic mass is 10.1. The minimum atomic E-state index is -0.540. The number of rotatable bonds is 5. The first-order valence-corrected chi connectivity index (χ1v) is 8.15. The summed E-state index contributed by atoms with van der Waals surface area (Å²) in [5.74, 6) is -0.429. The standard InChI is InChI=1S/C19H20N4O3/c1-3-12(2)18(25)21-15-8-9-16(17(24)10-15)23-19(26)22-14-6-4-13(11-20)5-7-14/h4-10,12,24H,3H2,1-2H3,(H,21,25)(H2,22,23,26). The van der Waals surface area contributed by atoms with E-state index in [1.165, 1.54) is 12.1 Å². The molecule has 4 N–H and O–H groups in total. The van der Waals surface area contributed by atoms with Crippen molar-refractivity contribution in [2.45, 2.75) is 20.3 Å². The summed E-state index contributed by atoms with van der Waals surface area (Å²) < 4.78 is 0. The van der Waals surface area contributed by atoms with Crippen LogP contribution in [0.4, 0.5) is 21.9 Å². The molecule has 0 radical (unpaired) electrons. The molecule has 2 rings (SSSR count). The maximum absolute atomic E-state index is 12.0. The zero-order chi connectivity index (χ0) is 19.1. The van der Waals surface area contributed by atoms with Gasteiger partial charge >= 0.3 is 6.03 Å². The van der Waals surface area contributed by atoms with Crippen molar-refractivity contribution in [3.8, 4) is 11.8 Å². The Morgan fingerprint density at radius 1 is 1.08 bits per heavy atom. The number of carbonyl (C=O) groups excluding carboxylic acids is 2. The number of urea groups is 1. The second kappa shape index (κ2) is 8.53. The van der Waals surface area contributed by atoms with E-state index in [-0.39, 0.29) is 23.3 Å². The van der Waals surface area contributed by atoms with Gasteiger partial charge in [0.15, 0.2) is 0 Å². The first-order chi connectivity index (χ1) is 12.4. The Kier molecular flexibility index (Phi) is 6.17. The third-order valence-electron chi connectivity index (χ3n) is 3.85. The number of amides is 3. The highest BCUT2D eigenvalue weighted by Crippen LogP contribution is 2.27. The van der Waals surface area contributed by atoms with Crippen LogP contribution in [0.2, 0.25) is 0 Å². The molecule has 2 aromatic rings. The second-order valence-electron chi connectivity index (χ2n) is 5.80. The second-order valence-corrected chi connectivity index (χ2v) is 5.80. The molecule has 0 fully saturated rings. The van der Waals surface area contributed by atoms with Crippen LogP contribution in [0.15, 0.2) is 42.5 Å². The van der Waals surface area contributed by atoms with Gasteiger partial charge in [-0.3, -0.25) is 4.79 Å². The van der Waals surface area contributed by atoms with Crippen LogP contribution in [-0.2, 0) is 4.79 Å². The van der Waals surface area contributed by atoms with Crippen molar-refractivity contribution in [1.82, 2.24) is 0 Å². The minimum absolute atomic E-state index is 0.131. The van der Waals surface area contributed by atoms with E-state index in [1.807, 2.05) is 19.9 Å². The molecule has 134 valence electrons. The van der Waals surface area contributed by atoms with Gasteiger partial charge in [0.1, 0.15) is 5.75 Å². The smallest absolute Gasteiger partial charge is 0.323 e. The van der Waals surface area contributed by atoms with Crippen molar-refractivity contribution in [2.24, 2.45) is 5.92 Å². The molecular weight excluding hydrogens is 332 g/mol. The molecule has 26 heavy (non-hydrogen) atoms. The number of nitrogens with one attached hydrogen (secondary N) is 3. The topological polar surface area (TPSA) is 114 Å². The van der Waals surface area contributed by atoms with Gasteiger partial charge in [0, 0.05) is 23.4 Å². The van der Waals surface area contributed by atoms with Gasteiger partial charge in [0.05, 0.1) is 17.3 Å². The van der Waals surface area contributed by atoms with Crippen LogP contribution < -0.4 is 16.0 Å². The fourth-order valence-electron chi connectivity index (χ4n) is 2.08. The number of benzene rings is 2. The van der Waals surface area contributed by atoms with E-state index < -0.39 is 6.03 Å². The highest BCUT2D eigenvalue weighted by Gasteiger charge is 2.12. The highest BCUT2D eigenvalue weighted by atomic mass is 16.3. The van der Waals surface area contributed by atoms with E-state index in [2.05, 4.69) is 16.0 Å². The number of anilines is 3. The zero-order valence-electron chi connectivity index (χ0n) is 14.5. The Morgan fingerprint density at radius 2 is 1.73 bits per heavy atom. The maximum Gasteiger partial charge on any atom is 0.323 e. The van der Waals surface area contributed by atoms with Crippen molar-refractivity contribution in [2.75, 3.05) is 16.0 Å². The van der Waals surface area contributed by atoms with Gasteiger partial charge in [-0.2, -0.15) is 5.26 Å². The van der Waals surface area contributed by atoms with Crippen LogP contribution in [0, 0.1) is 17.2 Å².